The van der Waals surface area contributed by atoms with E-state index < -0.39 is 0 Å². The molecule has 1 heterocycles. The second-order valence-corrected chi connectivity index (χ2v) is 5.48. The molecule has 0 bridgehead atoms. The molecule has 0 radical (unpaired) electrons. The van der Waals surface area contributed by atoms with Gasteiger partial charge < -0.3 is 5.73 Å². The van der Waals surface area contributed by atoms with Crippen molar-refractivity contribution < 1.29 is 4.79 Å². The molecule has 0 aromatic heterocycles. The molecule has 1 aliphatic rings. The molecule has 3 nitrogen and oxygen atoms in total. The third kappa shape index (κ3) is 4.15. The zero-order chi connectivity index (χ0) is 13.7. The molecule has 1 aromatic rings. The summed E-state index contributed by atoms with van der Waals surface area (Å²) in [7, 11) is 0. The second-order valence-electron chi connectivity index (χ2n) is 5.48. The number of piperidine rings is 1. The first-order valence-corrected chi connectivity index (χ1v) is 7.29. The van der Waals surface area contributed by atoms with Crippen LogP contribution in [-0.2, 0) is 6.42 Å². The van der Waals surface area contributed by atoms with Crippen molar-refractivity contribution in [3.8, 4) is 0 Å². The maximum absolute atomic E-state index is 12.2. The third-order valence-corrected chi connectivity index (χ3v) is 3.81. The van der Waals surface area contributed by atoms with Crippen LogP contribution in [0.1, 0.15) is 42.1 Å². The topological polar surface area (TPSA) is 46.3 Å². The Labute approximate surface area is 115 Å². The molecular formula is C16H24N2O. The van der Waals surface area contributed by atoms with Crippen molar-refractivity contribution in [1.82, 2.24) is 4.90 Å². The first kappa shape index (κ1) is 14.2. The van der Waals surface area contributed by atoms with Gasteiger partial charge in [-0.15, -0.1) is 0 Å². The molecule has 1 saturated heterocycles. The second kappa shape index (κ2) is 6.83. The maximum atomic E-state index is 12.2. The van der Waals surface area contributed by atoms with Crippen molar-refractivity contribution in [2.75, 3.05) is 19.6 Å². The van der Waals surface area contributed by atoms with Crippen LogP contribution in [0.15, 0.2) is 24.3 Å². The van der Waals surface area contributed by atoms with Crippen LogP contribution in [0.5, 0.6) is 0 Å². The lowest BCUT2D eigenvalue weighted by Gasteiger charge is -2.29. The largest absolute Gasteiger partial charge is 0.328 e. The van der Waals surface area contributed by atoms with Gasteiger partial charge in [-0.25, -0.2) is 0 Å². The predicted molar refractivity (Wildman–Crippen MR) is 78.4 cm³/mol. The van der Waals surface area contributed by atoms with Crippen molar-refractivity contribution in [1.29, 1.82) is 0 Å². The summed E-state index contributed by atoms with van der Waals surface area (Å²) in [6.45, 7) is 4.58. The number of ketones is 1. The monoisotopic (exact) mass is 260 g/mol. The standard InChI is InChI=1S/C16H24N2O/c1-2-3-13-4-6-14(7-5-13)16(19)12-18-10-8-15(17)9-11-18/h4-7,15H,2-3,8-12,17H2,1H3. The van der Waals surface area contributed by atoms with Gasteiger partial charge in [0.2, 0.25) is 0 Å². The van der Waals surface area contributed by atoms with Gasteiger partial charge in [0.25, 0.3) is 0 Å². The van der Waals surface area contributed by atoms with Gasteiger partial charge in [-0.3, -0.25) is 9.69 Å². The number of carbonyl (C=O) groups is 1. The van der Waals surface area contributed by atoms with Crippen molar-refractivity contribution in [2.24, 2.45) is 5.73 Å². The van der Waals surface area contributed by atoms with Gasteiger partial charge in [0, 0.05) is 24.7 Å². The van der Waals surface area contributed by atoms with E-state index in [4.69, 9.17) is 5.73 Å². The molecule has 3 heteroatoms. The average molecular weight is 260 g/mol. The number of likely N-dealkylation sites (tertiary alicyclic amines) is 1. The molecule has 2 N–H and O–H groups in total. The van der Waals surface area contributed by atoms with Crippen molar-refractivity contribution in [3.05, 3.63) is 35.4 Å². The Bertz CT molecular complexity index is 405. The van der Waals surface area contributed by atoms with Crippen LogP contribution < -0.4 is 5.73 Å². The summed E-state index contributed by atoms with van der Waals surface area (Å²) in [5.74, 6) is 0.221. The number of nitrogens with zero attached hydrogens (tertiary/aromatic N) is 1. The number of carbonyl (C=O) groups excluding carboxylic acids is 1. The molecule has 1 aliphatic heterocycles. The van der Waals surface area contributed by atoms with Gasteiger partial charge in [0.05, 0.1) is 6.54 Å². The lowest BCUT2D eigenvalue weighted by atomic mass is 10.0. The summed E-state index contributed by atoms with van der Waals surface area (Å²) in [4.78, 5) is 14.4. The van der Waals surface area contributed by atoms with Crippen LogP contribution in [0.4, 0.5) is 0 Å². The number of hydrogen-bond donors (Lipinski definition) is 1. The van der Waals surface area contributed by atoms with Gasteiger partial charge in [-0.1, -0.05) is 37.6 Å². The molecule has 0 spiro atoms. The minimum absolute atomic E-state index is 0.221. The van der Waals surface area contributed by atoms with E-state index in [9.17, 15) is 4.79 Å². The Hall–Kier alpha value is -1.19. The molecule has 104 valence electrons. The number of nitrogens with two attached hydrogens (primary N) is 1. The number of aryl methyl sites for hydroxylation is 1. The Morgan fingerprint density at radius 1 is 1.26 bits per heavy atom. The Balaban J connectivity index is 1.88. The van der Waals surface area contributed by atoms with E-state index in [-0.39, 0.29) is 5.78 Å². The van der Waals surface area contributed by atoms with Crippen LogP contribution in [0.25, 0.3) is 0 Å². The van der Waals surface area contributed by atoms with E-state index in [1.165, 1.54) is 5.56 Å². The van der Waals surface area contributed by atoms with E-state index in [0.717, 1.165) is 44.3 Å². The maximum Gasteiger partial charge on any atom is 0.176 e. The van der Waals surface area contributed by atoms with Gasteiger partial charge >= 0.3 is 0 Å². The van der Waals surface area contributed by atoms with E-state index in [1.54, 1.807) is 0 Å². The van der Waals surface area contributed by atoms with E-state index in [1.807, 2.05) is 12.1 Å². The Morgan fingerprint density at radius 3 is 2.47 bits per heavy atom. The molecule has 1 fully saturated rings. The third-order valence-electron chi connectivity index (χ3n) is 3.81. The SMILES string of the molecule is CCCc1ccc(C(=O)CN2CCC(N)CC2)cc1. The molecule has 0 aliphatic carbocycles. The summed E-state index contributed by atoms with van der Waals surface area (Å²) in [6.07, 6.45) is 4.23. The summed E-state index contributed by atoms with van der Waals surface area (Å²) < 4.78 is 0. The smallest absolute Gasteiger partial charge is 0.176 e. The van der Waals surface area contributed by atoms with Crippen molar-refractivity contribution >= 4 is 5.78 Å². The van der Waals surface area contributed by atoms with Crippen LogP contribution in [0.2, 0.25) is 0 Å². The first-order valence-electron chi connectivity index (χ1n) is 7.29. The summed E-state index contributed by atoms with van der Waals surface area (Å²) >= 11 is 0. The highest BCUT2D eigenvalue weighted by molar-refractivity contribution is 5.97. The number of hydrogen-bond acceptors (Lipinski definition) is 3. The molecule has 2 rings (SSSR count). The molecule has 0 atom stereocenters. The molecule has 1 aromatic carbocycles. The van der Waals surface area contributed by atoms with E-state index >= 15 is 0 Å². The molecule has 0 amide bonds. The van der Waals surface area contributed by atoms with E-state index in [0.29, 0.717) is 12.6 Å². The fraction of sp³-hybridized carbons (Fsp3) is 0.562. The number of benzene rings is 1. The zero-order valence-electron chi connectivity index (χ0n) is 11.8. The highest BCUT2D eigenvalue weighted by Crippen LogP contribution is 2.11. The van der Waals surface area contributed by atoms with Crippen molar-refractivity contribution in [2.45, 2.75) is 38.6 Å². The normalized spacial score (nSPS) is 17.6. The van der Waals surface area contributed by atoms with Crippen LogP contribution in [0.3, 0.4) is 0 Å². The highest BCUT2D eigenvalue weighted by Gasteiger charge is 2.18. The number of Topliss-reactive ketones (excluding diaryl/α,β-unsaturated/α-hetero) is 1. The molecule has 19 heavy (non-hydrogen) atoms. The predicted octanol–water partition coefficient (Wildman–Crippen LogP) is 2.24. The highest BCUT2D eigenvalue weighted by atomic mass is 16.1. The van der Waals surface area contributed by atoms with E-state index in [2.05, 4.69) is 24.0 Å². The molecule has 0 saturated carbocycles. The summed E-state index contributed by atoms with van der Waals surface area (Å²) in [5, 5.41) is 0. The quantitative estimate of drug-likeness (QED) is 0.826. The number of rotatable bonds is 5. The molecular weight excluding hydrogens is 236 g/mol. The van der Waals surface area contributed by atoms with Crippen LogP contribution in [-0.4, -0.2) is 36.4 Å². The average Bonchev–Trinajstić information content (AvgIpc) is 2.42. The summed E-state index contributed by atoms with van der Waals surface area (Å²) in [6, 6.07) is 8.39. The van der Waals surface area contributed by atoms with Gasteiger partial charge in [0.15, 0.2) is 5.78 Å². The fourth-order valence-electron chi connectivity index (χ4n) is 2.55. The minimum atomic E-state index is 0.221. The zero-order valence-corrected chi connectivity index (χ0v) is 11.8. The molecule has 0 unspecified atom stereocenters. The lowest BCUT2D eigenvalue weighted by Crippen LogP contribution is -2.41. The Kier molecular flexibility index (Phi) is 5.11. The minimum Gasteiger partial charge on any atom is -0.328 e. The Morgan fingerprint density at radius 2 is 1.89 bits per heavy atom. The van der Waals surface area contributed by atoms with Gasteiger partial charge in [-0.2, -0.15) is 0 Å². The first-order chi connectivity index (χ1) is 9.19. The van der Waals surface area contributed by atoms with Crippen LogP contribution >= 0.6 is 0 Å². The van der Waals surface area contributed by atoms with Crippen molar-refractivity contribution in [3.63, 3.8) is 0 Å². The fourth-order valence-corrected chi connectivity index (χ4v) is 2.55. The summed E-state index contributed by atoms with van der Waals surface area (Å²) in [5.41, 5.74) is 8.01. The lowest BCUT2D eigenvalue weighted by molar-refractivity contribution is 0.0910. The van der Waals surface area contributed by atoms with Gasteiger partial charge in [-0.05, 0) is 24.8 Å². The van der Waals surface area contributed by atoms with Crippen LogP contribution in [0, 0.1) is 0 Å². The van der Waals surface area contributed by atoms with Gasteiger partial charge in [0.1, 0.15) is 0 Å².